The lowest BCUT2D eigenvalue weighted by Gasteiger charge is -2.29. The molecule has 0 heterocycles. The average molecular weight is 1130 g/mol. The zero-order valence-corrected chi connectivity index (χ0v) is 54.2. The largest absolute Gasteiger partial charge is 0.756 e. The molecular weight excluding hydrogens is 996 g/mol. The van der Waals surface area contributed by atoms with Gasteiger partial charge in [-0.2, -0.15) is 0 Å². The van der Waals surface area contributed by atoms with Crippen molar-refractivity contribution in [3.8, 4) is 0 Å². The van der Waals surface area contributed by atoms with Crippen molar-refractivity contribution >= 4 is 13.7 Å². The second-order valence-corrected chi connectivity index (χ2v) is 26.3. The summed E-state index contributed by atoms with van der Waals surface area (Å²) < 4.78 is 23.4. The summed E-state index contributed by atoms with van der Waals surface area (Å²) in [5, 5.41) is 13.9. The predicted octanol–water partition coefficient (Wildman–Crippen LogP) is 21.2. The van der Waals surface area contributed by atoms with E-state index >= 15 is 0 Å². The van der Waals surface area contributed by atoms with Gasteiger partial charge in [0.2, 0.25) is 5.91 Å². The molecule has 0 aromatic rings. The summed E-state index contributed by atoms with van der Waals surface area (Å²) in [6.45, 7) is 4.65. The number of likely N-dealkylation sites (N-methyl/N-ethyl adjacent to an activating group) is 1. The number of aliphatic hydroxyl groups excluding tert-OH is 1. The Kier molecular flexibility index (Phi) is 59.8. The molecule has 0 spiro atoms. The number of nitrogens with one attached hydrogen (secondary N) is 1. The van der Waals surface area contributed by atoms with E-state index < -0.39 is 20.0 Å². The molecule has 3 unspecified atom stereocenters. The van der Waals surface area contributed by atoms with E-state index in [0.717, 1.165) is 44.9 Å². The number of hydrogen-bond acceptors (Lipinski definition) is 6. The summed E-state index contributed by atoms with van der Waals surface area (Å²) in [4.78, 5) is 25.5. The van der Waals surface area contributed by atoms with Crippen molar-refractivity contribution in [1.29, 1.82) is 0 Å². The first-order valence-corrected chi connectivity index (χ1v) is 36.0. The van der Waals surface area contributed by atoms with E-state index in [-0.39, 0.29) is 19.1 Å². The fourth-order valence-electron chi connectivity index (χ4n) is 10.4. The summed E-state index contributed by atoms with van der Waals surface area (Å²) >= 11 is 0. The Morgan fingerprint density at radius 1 is 0.443 bits per heavy atom. The zero-order valence-electron chi connectivity index (χ0n) is 53.3. The van der Waals surface area contributed by atoms with Gasteiger partial charge in [0.25, 0.3) is 7.82 Å². The molecule has 3 atom stereocenters. The van der Waals surface area contributed by atoms with Crippen LogP contribution in [0.4, 0.5) is 0 Å². The standard InChI is InChI=1S/C70H135N2O6P/c1-6-8-10-12-14-16-18-20-22-24-25-26-27-28-29-30-31-32-33-34-35-36-37-38-39-40-41-42-43-44-45-46-47-48-50-52-54-56-58-60-62-64-70(74)71-68(67-78-79(75,76)77-66-65-72(3,4)5)69(73)63-61-59-57-55-53-51-49-23-21-19-17-15-13-11-9-7-2/h18,20,24-25,53,55,61,63,68-69,73H,6-17,19,21-23,26-52,54,56-60,62,64-67H2,1-5H3,(H-,71,74,75,76)/b20-18-,25-24-,55-53+,63-61+. The van der Waals surface area contributed by atoms with Gasteiger partial charge in [0, 0.05) is 6.42 Å². The van der Waals surface area contributed by atoms with Gasteiger partial charge >= 0.3 is 0 Å². The van der Waals surface area contributed by atoms with Crippen LogP contribution in [0.25, 0.3) is 0 Å². The Balaban J connectivity index is 3.88. The highest BCUT2D eigenvalue weighted by molar-refractivity contribution is 7.45. The van der Waals surface area contributed by atoms with E-state index in [1.54, 1.807) is 6.08 Å². The number of carbonyl (C=O) groups is 1. The van der Waals surface area contributed by atoms with Crippen LogP contribution in [0, 0.1) is 0 Å². The lowest BCUT2D eigenvalue weighted by atomic mass is 10.0. The van der Waals surface area contributed by atoms with E-state index in [4.69, 9.17) is 9.05 Å². The number of phosphoric ester groups is 1. The number of nitrogens with zero attached hydrogens (tertiary/aromatic N) is 1. The van der Waals surface area contributed by atoms with Crippen molar-refractivity contribution < 1.29 is 32.9 Å². The summed E-state index contributed by atoms with van der Waals surface area (Å²) in [5.41, 5.74) is 0. The molecule has 1 amide bonds. The molecule has 0 aliphatic heterocycles. The van der Waals surface area contributed by atoms with Gasteiger partial charge in [-0.1, -0.05) is 319 Å². The first-order chi connectivity index (χ1) is 38.5. The third-order valence-electron chi connectivity index (χ3n) is 15.8. The maximum atomic E-state index is 13.0. The van der Waals surface area contributed by atoms with Crippen LogP contribution in [0.5, 0.6) is 0 Å². The van der Waals surface area contributed by atoms with E-state index in [2.05, 4.69) is 55.6 Å². The predicted molar refractivity (Wildman–Crippen MR) is 344 cm³/mol. The third kappa shape index (κ3) is 63.9. The lowest BCUT2D eigenvalue weighted by Crippen LogP contribution is -2.45. The third-order valence-corrected chi connectivity index (χ3v) is 16.7. The molecule has 0 aromatic carbocycles. The molecule has 0 aliphatic rings. The highest BCUT2D eigenvalue weighted by atomic mass is 31.2. The second-order valence-electron chi connectivity index (χ2n) is 24.9. The number of rotatable bonds is 64. The van der Waals surface area contributed by atoms with Gasteiger partial charge in [0.15, 0.2) is 0 Å². The van der Waals surface area contributed by atoms with Crippen molar-refractivity contribution in [2.24, 2.45) is 0 Å². The minimum atomic E-state index is -4.61. The van der Waals surface area contributed by atoms with E-state index in [0.29, 0.717) is 17.4 Å². The fraction of sp³-hybridized carbons (Fsp3) is 0.871. The van der Waals surface area contributed by atoms with E-state index in [9.17, 15) is 19.4 Å². The van der Waals surface area contributed by atoms with Crippen LogP contribution in [0.1, 0.15) is 341 Å². The normalized spacial score (nSPS) is 14.0. The van der Waals surface area contributed by atoms with Gasteiger partial charge < -0.3 is 28.8 Å². The Morgan fingerprint density at radius 3 is 1.10 bits per heavy atom. The molecule has 0 radical (unpaired) electrons. The monoisotopic (exact) mass is 1130 g/mol. The quantitative estimate of drug-likeness (QED) is 0.0272. The van der Waals surface area contributed by atoms with Gasteiger partial charge in [-0.05, 0) is 64.2 Å². The number of amides is 1. The molecule has 79 heavy (non-hydrogen) atoms. The van der Waals surface area contributed by atoms with Gasteiger partial charge in [-0.15, -0.1) is 0 Å². The Labute approximate surface area is 492 Å². The molecule has 0 aliphatic carbocycles. The molecule has 0 fully saturated rings. The van der Waals surface area contributed by atoms with Crippen molar-refractivity contribution in [2.45, 2.75) is 353 Å². The summed E-state index contributed by atoms with van der Waals surface area (Å²) in [6, 6.07) is -0.902. The molecule has 0 bridgehead atoms. The molecule has 0 saturated heterocycles. The van der Waals surface area contributed by atoms with E-state index in [1.807, 2.05) is 27.2 Å². The van der Waals surface area contributed by atoms with Crippen LogP contribution in [0.2, 0.25) is 0 Å². The van der Waals surface area contributed by atoms with Crippen LogP contribution in [0.15, 0.2) is 48.6 Å². The van der Waals surface area contributed by atoms with Crippen molar-refractivity contribution in [3.05, 3.63) is 48.6 Å². The molecule has 0 saturated carbocycles. The molecule has 0 rings (SSSR count). The Morgan fingerprint density at radius 2 is 0.747 bits per heavy atom. The molecule has 9 heteroatoms. The van der Waals surface area contributed by atoms with Crippen LogP contribution in [-0.4, -0.2) is 68.5 Å². The minimum Gasteiger partial charge on any atom is -0.756 e. The molecular formula is C70H135N2O6P. The first-order valence-electron chi connectivity index (χ1n) is 34.5. The lowest BCUT2D eigenvalue weighted by molar-refractivity contribution is -0.870. The highest BCUT2D eigenvalue weighted by Gasteiger charge is 2.23. The number of hydrogen-bond donors (Lipinski definition) is 2. The molecule has 466 valence electrons. The smallest absolute Gasteiger partial charge is 0.268 e. The van der Waals surface area contributed by atoms with Gasteiger partial charge in [-0.3, -0.25) is 9.36 Å². The average Bonchev–Trinajstić information content (AvgIpc) is 3.42. The van der Waals surface area contributed by atoms with Crippen molar-refractivity contribution in [3.63, 3.8) is 0 Å². The Bertz CT molecular complexity index is 1430. The van der Waals surface area contributed by atoms with Crippen LogP contribution in [-0.2, 0) is 18.4 Å². The van der Waals surface area contributed by atoms with Crippen LogP contribution < -0.4 is 10.2 Å². The summed E-state index contributed by atoms with van der Waals surface area (Å²) in [6.07, 6.45) is 82.5. The van der Waals surface area contributed by atoms with Crippen molar-refractivity contribution in [1.82, 2.24) is 5.32 Å². The van der Waals surface area contributed by atoms with Gasteiger partial charge in [-0.25, -0.2) is 0 Å². The number of quaternary nitrogens is 1. The number of aliphatic hydroxyl groups is 1. The van der Waals surface area contributed by atoms with E-state index in [1.165, 1.54) is 276 Å². The fourth-order valence-corrected chi connectivity index (χ4v) is 11.1. The number of phosphoric acid groups is 1. The number of unbranched alkanes of at least 4 members (excludes halogenated alkanes) is 45. The molecule has 2 N–H and O–H groups in total. The summed E-state index contributed by atoms with van der Waals surface area (Å²) in [7, 11) is 1.26. The minimum absolute atomic E-state index is 0.00483. The number of carbonyl (C=O) groups excluding carboxylic acids is 1. The maximum Gasteiger partial charge on any atom is 0.268 e. The molecule has 0 aromatic heterocycles. The highest BCUT2D eigenvalue weighted by Crippen LogP contribution is 2.38. The topological polar surface area (TPSA) is 108 Å². The van der Waals surface area contributed by atoms with Crippen LogP contribution >= 0.6 is 7.82 Å². The second kappa shape index (κ2) is 61.0. The van der Waals surface area contributed by atoms with Gasteiger partial charge in [0.05, 0.1) is 39.9 Å². The zero-order chi connectivity index (χ0) is 57.7. The van der Waals surface area contributed by atoms with Crippen molar-refractivity contribution in [2.75, 3.05) is 40.9 Å². The van der Waals surface area contributed by atoms with Gasteiger partial charge in [0.1, 0.15) is 13.2 Å². The first kappa shape index (κ1) is 77.5. The maximum absolute atomic E-state index is 13.0. The summed E-state index contributed by atoms with van der Waals surface area (Å²) in [5.74, 6) is -0.201. The number of allylic oxidation sites excluding steroid dienone is 7. The van der Waals surface area contributed by atoms with Crippen LogP contribution in [0.3, 0.4) is 0 Å². The SMILES string of the molecule is CCCCCCC/C=C\C/C=C\CCCCCCCCCCCCCCCCCCCCCCCCCCCCCCCC(=O)NC(COP(=O)([O-])OCC[N+](C)(C)C)C(O)/C=C/CC/C=C/CCCCCCCCCCCC. The molecule has 8 nitrogen and oxygen atoms in total. The Hall–Kier alpha value is -1.54.